The number of Topliss-reactive ketones (excluding diaryl/α,β-unsaturated/α-hetero) is 1. The molecule has 0 aromatic heterocycles. The molecule has 0 heterocycles. The maximum atomic E-state index is 11.9. The summed E-state index contributed by atoms with van der Waals surface area (Å²) < 4.78 is 0. The van der Waals surface area contributed by atoms with E-state index in [-0.39, 0.29) is 23.0 Å². The molecule has 4 aliphatic carbocycles. The fourth-order valence-corrected chi connectivity index (χ4v) is 7.04. The minimum absolute atomic E-state index is 0.181. The summed E-state index contributed by atoms with van der Waals surface area (Å²) in [5.41, 5.74) is 0.446. The third-order valence-corrected chi connectivity index (χ3v) is 8.25. The van der Waals surface area contributed by atoms with Gasteiger partial charge in [0.2, 0.25) is 0 Å². The molecule has 3 nitrogen and oxygen atoms in total. The monoisotopic (exact) mass is 306 g/mol. The lowest BCUT2D eigenvalue weighted by Crippen LogP contribution is -2.57. The van der Waals surface area contributed by atoms with Crippen molar-refractivity contribution in [1.82, 2.24) is 0 Å². The molecule has 4 saturated carbocycles. The summed E-state index contributed by atoms with van der Waals surface area (Å²) in [6, 6.07) is 0. The summed E-state index contributed by atoms with van der Waals surface area (Å²) in [4.78, 5) is 11.9. The number of hydrogen-bond donors (Lipinski definition) is 2. The van der Waals surface area contributed by atoms with E-state index in [4.69, 9.17) is 0 Å². The van der Waals surface area contributed by atoms with E-state index in [1.165, 1.54) is 12.8 Å². The van der Waals surface area contributed by atoms with Gasteiger partial charge in [-0.05, 0) is 73.0 Å². The Kier molecular flexibility index (Phi) is 3.30. The van der Waals surface area contributed by atoms with Crippen molar-refractivity contribution in [3.05, 3.63) is 0 Å². The van der Waals surface area contributed by atoms with Crippen molar-refractivity contribution in [1.29, 1.82) is 0 Å². The molecule has 0 bridgehead atoms. The van der Waals surface area contributed by atoms with E-state index in [0.29, 0.717) is 35.9 Å². The number of carbonyl (C=O) groups excluding carboxylic acids is 1. The lowest BCUT2D eigenvalue weighted by molar-refractivity contribution is -0.163. The van der Waals surface area contributed by atoms with Gasteiger partial charge in [-0.15, -0.1) is 0 Å². The van der Waals surface area contributed by atoms with Crippen LogP contribution in [-0.4, -0.2) is 28.2 Å². The summed E-state index contributed by atoms with van der Waals surface area (Å²) in [6.07, 6.45) is 6.89. The van der Waals surface area contributed by atoms with Gasteiger partial charge in [0.25, 0.3) is 0 Å². The van der Waals surface area contributed by atoms with E-state index in [0.717, 1.165) is 32.1 Å². The first kappa shape index (κ1) is 15.1. The van der Waals surface area contributed by atoms with E-state index in [1.54, 1.807) is 0 Å². The molecular weight excluding hydrogens is 276 g/mol. The van der Waals surface area contributed by atoms with Crippen molar-refractivity contribution in [3.63, 3.8) is 0 Å². The average molecular weight is 306 g/mol. The Morgan fingerprint density at radius 1 is 1.09 bits per heavy atom. The van der Waals surface area contributed by atoms with Gasteiger partial charge in [0, 0.05) is 12.8 Å². The zero-order valence-electron chi connectivity index (χ0n) is 13.9. The average Bonchev–Trinajstić information content (AvgIpc) is 2.75. The van der Waals surface area contributed by atoms with Crippen LogP contribution in [0.1, 0.15) is 65.2 Å². The Hall–Kier alpha value is -0.410. The number of ketones is 1. The molecule has 0 saturated heterocycles. The number of fused-ring (bicyclic) bond motifs is 5. The van der Waals surface area contributed by atoms with Gasteiger partial charge in [-0.1, -0.05) is 13.8 Å². The molecule has 4 aliphatic rings. The van der Waals surface area contributed by atoms with Crippen molar-refractivity contribution in [2.45, 2.75) is 77.4 Å². The molecule has 0 aromatic rings. The standard InChI is InChI=1S/C19H30O3/c1-18-5-4-14-17(15(18)9-13(21)10-18)16(22)8-11-7-12(20)3-6-19(11,14)2/h11,13-17,21-22H,3-10H2,1-2H3/t11-,13+,14+,15+,16+,17-,18-,19+/m1/s1. The Morgan fingerprint density at radius 3 is 2.64 bits per heavy atom. The van der Waals surface area contributed by atoms with E-state index in [2.05, 4.69) is 13.8 Å². The second-order valence-electron chi connectivity index (χ2n) is 9.33. The predicted molar refractivity (Wildman–Crippen MR) is 84.1 cm³/mol. The van der Waals surface area contributed by atoms with Crippen molar-refractivity contribution >= 4 is 5.78 Å². The van der Waals surface area contributed by atoms with Crippen molar-refractivity contribution in [2.75, 3.05) is 0 Å². The lowest BCUT2D eigenvalue weighted by Gasteiger charge is -2.61. The number of hydrogen-bond acceptors (Lipinski definition) is 3. The van der Waals surface area contributed by atoms with Crippen molar-refractivity contribution in [3.8, 4) is 0 Å². The van der Waals surface area contributed by atoms with E-state index in [1.807, 2.05) is 0 Å². The minimum atomic E-state index is -0.274. The van der Waals surface area contributed by atoms with Crippen LogP contribution in [0.2, 0.25) is 0 Å². The molecule has 0 amide bonds. The first-order chi connectivity index (χ1) is 10.3. The largest absolute Gasteiger partial charge is 0.393 e. The van der Waals surface area contributed by atoms with Crippen molar-refractivity contribution in [2.24, 2.45) is 34.5 Å². The third kappa shape index (κ3) is 1.97. The van der Waals surface area contributed by atoms with Crippen LogP contribution in [0.4, 0.5) is 0 Å². The van der Waals surface area contributed by atoms with Crippen LogP contribution >= 0.6 is 0 Å². The predicted octanol–water partition coefficient (Wildman–Crippen LogP) is 2.93. The van der Waals surface area contributed by atoms with Crippen LogP contribution in [0.3, 0.4) is 0 Å². The summed E-state index contributed by atoms with van der Waals surface area (Å²) in [7, 11) is 0. The van der Waals surface area contributed by atoms with E-state index < -0.39 is 0 Å². The van der Waals surface area contributed by atoms with Gasteiger partial charge in [-0.2, -0.15) is 0 Å². The quantitative estimate of drug-likeness (QED) is 0.723. The summed E-state index contributed by atoms with van der Waals surface area (Å²) >= 11 is 0. The van der Waals surface area contributed by atoms with Crippen LogP contribution in [0.25, 0.3) is 0 Å². The molecule has 8 atom stereocenters. The number of rotatable bonds is 0. The first-order valence-electron chi connectivity index (χ1n) is 9.21. The highest BCUT2D eigenvalue weighted by atomic mass is 16.3. The van der Waals surface area contributed by atoms with Gasteiger partial charge < -0.3 is 10.2 Å². The Bertz CT molecular complexity index is 489. The van der Waals surface area contributed by atoms with Gasteiger partial charge in [-0.25, -0.2) is 0 Å². The van der Waals surface area contributed by atoms with Gasteiger partial charge in [-0.3, -0.25) is 4.79 Å². The maximum Gasteiger partial charge on any atom is 0.133 e. The Balaban J connectivity index is 1.68. The minimum Gasteiger partial charge on any atom is -0.393 e. The van der Waals surface area contributed by atoms with Crippen LogP contribution in [0.5, 0.6) is 0 Å². The van der Waals surface area contributed by atoms with Gasteiger partial charge in [0.05, 0.1) is 12.2 Å². The Morgan fingerprint density at radius 2 is 1.86 bits per heavy atom. The van der Waals surface area contributed by atoms with Crippen LogP contribution in [0, 0.1) is 34.5 Å². The zero-order chi connectivity index (χ0) is 15.7. The fraction of sp³-hybridized carbons (Fsp3) is 0.947. The normalized spacial score (nSPS) is 57.9. The highest BCUT2D eigenvalue weighted by molar-refractivity contribution is 5.79. The lowest BCUT2D eigenvalue weighted by atomic mass is 9.44. The molecular formula is C19H30O3. The zero-order valence-corrected chi connectivity index (χ0v) is 13.9. The van der Waals surface area contributed by atoms with Crippen LogP contribution < -0.4 is 0 Å². The summed E-state index contributed by atoms with van der Waals surface area (Å²) in [6.45, 7) is 4.72. The first-order valence-corrected chi connectivity index (χ1v) is 9.21. The molecule has 22 heavy (non-hydrogen) atoms. The summed E-state index contributed by atoms with van der Waals surface area (Å²) in [5, 5.41) is 21.1. The Labute approximate surface area is 133 Å². The molecule has 3 heteroatoms. The molecule has 0 aromatic carbocycles. The topological polar surface area (TPSA) is 57.5 Å². The molecule has 0 aliphatic heterocycles. The molecule has 0 unspecified atom stereocenters. The number of aliphatic hydroxyl groups is 2. The fourth-order valence-electron chi connectivity index (χ4n) is 7.04. The number of carbonyl (C=O) groups is 1. The highest BCUT2D eigenvalue weighted by Gasteiger charge is 2.61. The van der Waals surface area contributed by atoms with Gasteiger partial charge in [0.1, 0.15) is 5.78 Å². The van der Waals surface area contributed by atoms with E-state index >= 15 is 0 Å². The maximum absolute atomic E-state index is 11.9. The van der Waals surface area contributed by atoms with Gasteiger partial charge in [0.15, 0.2) is 0 Å². The molecule has 0 radical (unpaired) electrons. The van der Waals surface area contributed by atoms with Gasteiger partial charge >= 0.3 is 0 Å². The van der Waals surface area contributed by atoms with Crippen molar-refractivity contribution < 1.29 is 15.0 Å². The summed E-state index contributed by atoms with van der Waals surface area (Å²) in [5.74, 6) is 2.11. The molecule has 4 fully saturated rings. The van der Waals surface area contributed by atoms with Crippen LogP contribution in [0.15, 0.2) is 0 Å². The smallest absolute Gasteiger partial charge is 0.133 e. The SMILES string of the molecule is C[C@]12CC[C@H]3[C@@H]([C@@H](O)C[C@H]4CC(=O)CC[C@@]43C)[C@@H]1C[C@H](O)C2. The van der Waals surface area contributed by atoms with Crippen LogP contribution in [-0.2, 0) is 4.79 Å². The second kappa shape index (κ2) is 4.80. The number of aliphatic hydroxyl groups excluding tert-OH is 2. The molecule has 4 rings (SSSR count). The molecule has 124 valence electrons. The molecule has 2 N–H and O–H groups in total. The second-order valence-corrected chi connectivity index (χ2v) is 9.33. The third-order valence-electron chi connectivity index (χ3n) is 8.25. The highest BCUT2D eigenvalue weighted by Crippen LogP contribution is 2.65. The molecule has 0 spiro atoms. The van der Waals surface area contributed by atoms with E-state index in [9.17, 15) is 15.0 Å².